The minimum Gasteiger partial charge on any atom is -0.455 e. The van der Waals surface area contributed by atoms with Crippen LogP contribution in [0.4, 0.5) is 5.69 Å². The van der Waals surface area contributed by atoms with Gasteiger partial charge in [0.2, 0.25) is 5.91 Å². The van der Waals surface area contributed by atoms with Gasteiger partial charge < -0.3 is 10.1 Å². The first-order chi connectivity index (χ1) is 17.1. The Hall–Kier alpha value is -3.72. The standard InChI is InChI=1S/C29H23ClN2O2S/c1-2-35-25-13-10-20(11-14-25)16-29(33)32-24-12-15-26(21-7-5-8-23(30)17-21)28(18-24)34-27-9-4-3-6-22(27)19-31/h3-15,17-18H,2,16H2,1H3,(H,32,33). The highest BCUT2D eigenvalue weighted by Crippen LogP contribution is 2.37. The molecule has 1 amide bonds. The fraction of sp³-hybridized carbons (Fsp3) is 0.103. The number of nitriles is 1. The molecule has 0 heterocycles. The van der Waals surface area contributed by atoms with E-state index in [1.807, 2.05) is 60.7 Å². The van der Waals surface area contributed by atoms with Gasteiger partial charge in [-0.3, -0.25) is 4.79 Å². The van der Waals surface area contributed by atoms with Gasteiger partial charge in [-0.15, -0.1) is 11.8 Å². The van der Waals surface area contributed by atoms with Gasteiger partial charge in [0.1, 0.15) is 17.6 Å². The lowest BCUT2D eigenvalue weighted by Gasteiger charge is -2.15. The molecule has 0 unspecified atom stereocenters. The molecule has 0 aliphatic heterocycles. The van der Waals surface area contributed by atoms with E-state index in [0.29, 0.717) is 27.8 Å². The predicted octanol–water partition coefficient (Wildman–Crippen LogP) is 7.96. The third-order valence-electron chi connectivity index (χ3n) is 5.23. The van der Waals surface area contributed by atoms with Crippen LogP contribution in [0.25, 0.3) is 11.1 Å². The van der Waals surface area contributed by atoms with Crippen molar-refractivity contribution in [3.05, 3.63) is 107 Å². The van der Waals surface area contributed by atoms with Crippen molar-refractivity contribution in [2.45, 2.75) is 18.2 Å². The highest BCUT2D eigenvalue weighted by Gasteiger charge is 2.13. The first-order valence-electron chi connectivity index (χ1n) is 11.1. The fourth-order valence-electron chi connectivity index (χ4n) is 3.61. The van der Waals surface area contributed by atoms with Crippen LogP contribution < -0.4 is 10.1 Å². The van der Waals surface area contributed by atoms with Crippen molar-refractivity contribution >= 4 is 35.0 Å². The smallest absolute Gasteiger partial charge is 0.228 e. The van der Waals surface area contributed by atoms with Crippen LogP contribution in [-0.2, 0) is 11.2 Å². The zero-order chi connectivity index (χ0) is 24.6. The van der Waals surface area contributed by atoms with E-state index in [2.05, 4.69) is 18.3 Å². The van der Waals surface area contributed by atoms with Gasteiger partial charge in [-0.1, -0.05) is 54.9 Å². The normalized spacial score (nSPS) is 10.4. The number of carbonyl (C=O) groups is 1. The van der Waals surface area contributed by atoms with Crippen LogP contribution in [0.5, 0.6) is 11.5 Å². The lowest BCUT2D eigenvalue weighted by atomic mass is 10.0. The highest BCUT2D eigenvalue weighted by atomic mass is 35.5. The van der Waals surface area contributed by atoms with Gasteiger partial charge in [-0.2, -0.15) is 5.26 Å². The molecular formula is C29H23ClN2O2S. The van der Waals surface area contributed by atoms with Gasteiger partial charge in [-0.25, -0.2) is 0 Å². The van der Waals surface area contributed by atoms with Crippen molar-refractivity contribution in [1.29, 1.82) is 5.26 Å². The van der Waals surface area contributed by atoms with Gasteiger partial charge in [0.05, 0.1) is 12.0 Å². The zero-order valence-electron chi connectivity index (χ0n) is 19.1. The molecule has 4 rings (SSSR count). The average molecular weight is 499 g/mol. The number of rotatable bonds is 8. The van der Waals surface area contributed by atoms with E-state index in [4.69, 9.17) is 16.3 Å². The van der Waals surface area contributed by atoms with Crippen LogP contribution in [0, 0.1) is 11.3 Å². The molecule has 4 nitrogen and oxygen atoms in total. The maximum Gasteiger partial charge on any atom is 0.228 e. The van der Waals surface area contributed by atoms with Crippen LogP contribution in [0.15, 0.2) is 95.9 Å². The molecule has 0 aliphatic rings. The molecule has 0 saturated heterocycles. The Labute approximate surface area is 214 Å². The van der Waals surface area contributed by atoms with Crippen molar-refractivity contribution in [2.24, 2.45) is 0 Å². The van der Waals surface area contributed by atoms with E-state index in [1.165, 1.54) is 4.90 Å². The van der Waals surface area contributed by atoms with Gasteiger partial charge in [0, 0.05) is 27.2 Å². The Morgan fingerprint density at radius 2 is 1.77 bits per heavy atom. The van der Waals surface area contributed by atoms with Gasteiger partial charge in [0.25, 0.3) is 0 Å². The summed E-state index contributed by atoms with van der Waals surface area (Å²) in [6.07, 6.45) is 0.264. The van der Waals surface area contributed by atoms with Crippen LogP contribution in [0.3, 0.4) is 0 Å². The SMILES string of the molecule is CCSc1ccc(CC(=O)Nc2ccc(-c3cccc(Cl)c3)c(Oc3ccccc3C#N)c2)cc1. The van der Waals surface area contributed by atoms with Crippen LogP contribution in [-0.4, -0.2) is 11.7 Å². The highest BCUT2D eigenvalue weighted by molar-refractivity contribution is 7.99. The molecule has 35 heavy (non-hydrogen) atoms. The Morgan fingerprint density at radius 3 is 2.51 bits per heavy atom. The number of hydrogen-bond acceptors (Lipinski definition) is 4. The molecule has 0 saturated carbocycles. The Balaban J connectivity index is 1.60. The zero-order valence-corrected chi connectivity index (χ0v) is 20.7. The molecule has 0 bridgehead atoms. The summed E-state index contributed by atoms with van der Waals surface area (Å²) < 4.78 is 6.18. The molecular weight excluding hydrogens is 476 g/mol. The monoisotopic (exact) mass is 498 g/mol. The summed E-state index contributed by atoms with van der Waals surface area (Å²) >= 11 is 7.98. The van der Waals surface area contributed by atoms with E-state index in [9.17, 15) is 10.1 Å². The fourth-order valence-corrected chi connectivity index (χ4v) is 4.46. The van der Waals surface area contributed by atoms with E-state index < -0.39 is 0 Å². The second-order valence-corrected chi connectivity index (χ2v) is 9.51. The molecule has 0 aliphatic carbocycles. The van der Waals surface area contributed by atoms with Crippen molar-refractivity contribution in [1.82, 2.24) is 0 Å². The number of benzene rings is 4. The topological polar surface area (TPSA) is 62.1 Å². The summed E-state index contributed by atoms with van der Waals surface area (Å²) in [5, 5.41) is 13.0. The molecule has 0 spiro atoms. The Morgan fingerprint density at radius 1 is 0.971 bits per heavy atom. The quantitative estimate of drug-likeness (QED) is 0.250. The molecule has 4 aromatic carbocycles. The van der Waals surface area contributed by atoms with Crippen molar-refractivity contribution in [2.75, 3.05) is 11.1 Å². The van der Waals surface area contributed by atoms with E-state index in [-0.39, 0.29) is 12.3 Å². The first-order valence-corrected chi connectivity index (χ1v) is 12.5. The third-order valence-corrected chi connectivity index (χ3v) is 6.36. The van der Waals surface area contributed by atoms with E-state index >= 15 is 0 Å². The number of anilines is 1. The van der Waals surface area contributed by atoms with E-state index in [0.717, 1.165) is 22.4 Å². The molecule has 0 atom stereocenters. The Bertz CT molecular complexity index is 1380. The Kier molecular flexibility index (Phi) is 8.10. The average Bonchev–Trinajstić information content (AvgIpc) is 2.86. The number of hydrogen-bond donors (Lipinski definition) is 1. The largest absolute Gasteiger partial charge is 0.455 e. The number of amides is 1. The van der Waals surface area contributed by atoms with Gasteiger partial charge >= 0.3 is 0 Å². The number of para-hydroxylation sites is 1. The van der Waals surface area contributed by atoms with Gasteiger partial charge in [0.15, 0.2) is 0 Å². The predicted molar refractivity (Wildman–Crippen MR) is 143 cm³/mol. The number of halogens is 1. The van der Waals surface area contributed by atoms with Crippen LogP contribution in [0.1, 0.15) is 18.1 Å². The second-order valence-electron chi connectivity index (χ2n) is 7.73. The molecule has 1 N–H and O–H groups in total. The lowest BCUT2D eigenvalue weighted by Crippen LogP contribution is -2.14. The van der Waals surface area contributed by atoms with E-state index in [1.54, 1.807) is 42.1 Å². The first kappa shape index (κ1) is 24.4. The molecule has 0 fully saturated rings. The number of ether oxygens (including phenoxy) is 1. The number of carbonyl (C=O) groups excluding carboxylic acids is 1. The molecule has 4 aromatic rings. The molecule has 6 heteroatoms. The summed E-state index contributed by atoms with van der Waals surface area (Å²) in [6, 6.07) is 30.1. The van der Waals surface area contributed by atoms with Gasteiger partial charge in [-0.05, 0) is 65.4 Å². The second kappa shape index (κ2) is 11.6. The molecule has 0 radical (unpaired) electrons. The van der Waals surface area contributed by atoms with Crippen LogP contribution in [0.2, 0.25) is 5.02 Å². The summed E-state index contributed by atoms with van der Waals surface area (Å²) in [6.45, 7) is 2.11. The summed E-state index contributed by atoms with van der Waals surface area (Å²) in [5.74, 6) is 1.83. The van der Waals surface area contributed by atoms with Crippen molar-refractivity contribution in [3.8, 4) is 28.7 Å². The number of nitrogens with zero attached hydrogens (tertiary/aromatic N) is 1. The minimum absolute atomic E-state index is 0.125. The maximum atomic E-state index is 12.7. The van der Waals surface area contributed by atoms with Crippen molar-refractivity contribution in [3.63, 3.8) is 0 Å². The number of nitrogens with one attached hydrogen (secondary N) is 1. The summed E-state index contributed by atoms with van der Waals surface area (Å²) in [5.41, 5.74) is 3.62. The van der Waals surface area contributed by atoms with Crippen molar-refractivity contribution < 1.29 is 9.53 Å². The third kappa shape index (κ3) is 6.45. The summed E-state index contributed by atoms with van der Waals surface area (Å²) in [4.78, 5) is 13.9. The summed E-state index contributed by atoms with van der Waals surface area (Å²) in [7, 11) is 0. The maximum absolute atomic E-state index is 12.7. The van der Waals surface area contributed by atoms with Crippen LogP contribution >= 0.6 is 23.4 Å². The minimum atomic E-state index is -0.125. The molecule has 0 aromatic heterocycles. The molecule has 174 valence electrons. The number of thioether (sulfide) groups is 1. The lowest BCUT2D eigenvalue weighted by molar-refractivity contribution is -0.115.